The molecule has 1 heterocycles. The quantitative estimate of drug-likeness (QED) is 0.817. The summed E-state index contributed by atoms with van der Waals surface area (Å²) in [5.41, 5.74) is 7.95. The maximum atomic E-state index is 13.1. The fraction of sp³-hybridized carbons (Fsp3) is 0.308. The molecule has 0 saturated heterocycles. The van der Waals surface area contributed by atoms with Crippen molar-refractivity contribution in [1.29, 1.82) is 0 Å². The fourth-order valence-electron chi connectivity index (χ4n) is 1.80. The molecule has 18 heavy (non-hydrogen) atoms. The smallest absolute Gasteiger partial charge is 0.180 e. The van der Waals surface area contributed by atoms with Crippen molar-refractivity contribution >= 4 is 39.1 Å². The van der Waals surface area contributed by atoms with Gasteiger partial charge in [-0.15, -0.1) is 11.3 Å². The fourth-order valence-corrected chi connectivity index (χ4v) is 3.48. The van der Waals surface area contributed by atoms with Gasteiger partial charge in [-0.3, -0.25) is 0 Å². The van der Waals surface area contributed by atoms with Gasteiger partial charge in [0.1, 0.15) is 5.82 Å². The van der Waals surface area contributed by atoms with E-state index < -0.39 is 0 Å². The molecule has 0 unspecified atom stereocenters. The Balaban J connectivity index is 2.33. The molecule has 2 rings (SSSR count). The highest BCUT2D eigenvalue weighted by Gasteiger charge is 2.14. The van der Waals surface area contributed by atoms with Gasteiger partial charge >= 0.3 is 0 Å². The molecule has 2 nitrogen and oxygen atoms in total. The van der Waals surface area contributed by atoms with Crippen molar-refractivity contribution in [2.24, 2.45) is 0 Å². The highest BCUT2D eigenvalue weighted by molar-refractivity contribution is 14.1. The summed E-state index contributed by atoms with van der Waals surface area (Å²) < 4.78 is 14.0. The number of nitrogen functional groups attached to an aromatic ring is 1. The van der Waals surface area contributed by atoms with Crippen molar-refractivity contribution in [3.05, 3.63) is 43.7 Å². The van der Waals surface area contributed by atoms with Gasteiger partial charge in [0.15, 0.2) is 5.13 Å². The number of aromatic nitrogens is 1. The SMILES string of the molecule is CC(C)c1nc(N)sc1Cc1ccc(F)cc1I. The molecule has 5 heteroatoms. The first-order chi connectivity index (χ1) is 8.47. The first kappa shape index (κ1) is 13.7. The van der Waals surface area contributed by atoms with Crippen LogP contribution in [0.25, 0.3) is 0 Å². The molecule has 0 atom stereocenters. The van der Waals surface area contributed by atoms with Gasteiger partial charge in [0.25, 0.3) is 0 Å². The Morgan fingerprint density at radius 1 is 1.44 bits per heavy atom. The van der Waals surface area contributed by atoms with Gasteiger partial charge in [-0.1, -0.05) is 19.9 Å². The molecule has 0 saturated carbocycles. The van der Waals surface area contributed by atoms with Crippen LogP contribution in [0, 0.1) is 9.39 Å². The Hall–Kier alpha value is -0.690. The van der Waals surface area contributed by atoms with E-state index in [0.29, 0.717) is 11.0 Å². The van der Waals surface area contributed by atoms with Gasteiger partial charge in [0, 0.05) is 14.9 Å². The van der Waals surface area contributed by atoms with Crippen LogP contribution < -0.4 is 5.73 Å². The lowest BCUT2D eigenvalue weighted by molar-refractivity contribution is 0.626. The van der Waals surface area contributed by atoms with Gasteiger partial charge in [-0.05, 0) is 46.2 Å². The Morgan fingerprint density at radius 3 is 2.78 bits per heavy atom. The Kier molecular flexibility index (Phi) is 4.21. The summed E-state index contributed by atoms with van der Waals surface area (Å²) in [6.07, 6.45) is 0.765. The van der Waals surface area contributed by atoms with Crippen molar-refractivity contribution in [1.82, 2.24) is 4.98 Å². The lowest BCUT2D eigenvalue weighted by Crippen LogP contribution is -1.97. The summed E-state index contributed by atoms with van der Waals surface area (Å²) in [5, 5.41) is 0.603. The van der Waals surface area contributed by atoms with Crippen LogP contribution in [0.1, 0.15) is 35.9 Å². The van der Waals surface area contributed by atoms with Gasteiger partial charge in [0.2, 0.25) is 0 Å². The molecule has 0 fully saturated rings. The third-order valence-corrected chi connectivity index (χ3v) is 4.56. The number of benzene rings is 1. The normalized spacial score (nSPS) is 11.2. The highest BCUT2D eigenvalue weighted by Crippen LogP contribution is 2.30. The summed E-state index contributed by atoms with van der Waals surface area (Å²) in [5.74, 6) is 0.155. The molecule has 2 aromatic rings. The zero-order valence-corrected chi connectivity index (χ0v) is 13.2. The van der Waals surface area contributed by atoms with Crippen molar-refractivity contribution in [2.75, 3.05) is 5.73 Å². The minimum Gasteiger partial charge on any atom is -0.375 e. The second-order valence-electron chi connectivity index (χ2n) is 4.43. The van der Waals surface area contributed by atoms with Crippen LogP contribution in [-0.4, -0.2) is 4.98 Å². The van der Waals surface area contributed by atoms with E-state index in [9.17, 15) is 4.39 Å². The van der Waals surface area contributed by atoms with E-state index in [2.05, 4.69) is 41.4 Å². The maximum absolute atomic E-state index is 13.1. The molecule has 0 amide bonds. The summed E-state index contributed by atoms with van der Waals surface area (Å²) in [6.45, 7) is 4.21. The van der Waals surface area contributed by atoms with Crippen molar-refractivity contribution in [3.8, 4) is 0 Å². The summed E-state index contributed by atoms with van der Waals surface area (Å²) in [7, 11) is 0. The monoisotopic (exact) mass is 376 g/mol. The lowest BCUT2D eigenvalue weighted by atomic mass is 10.0. The van der Waals surface area contributed by atoms with E-state index in [4.69, 9.17) is 5.73 Å². The van der Waals surface area contributed by atoms with Crippen LogP contribution in [0.5, 0.6) is 0 Å². The number of hydrogen-bond donors (Lipinski definition) is 1. The molecule has 0 bridgehead atoms. The number of hydrogen-bond acceptors (Lipinski definition) is 3. The van der Waals surface area contributed by atoms with E-state index >= 15 is 0 Å². The molecule has 0 radical (unpaired) electrons. The second-order valence-corrected chi connectivity index (χ2v) is 6.71. The molecular weight excluding hydrogens is 362 g/mol. The number of nitrogens with zero attached hydrogens (tertiary/aromatic N) is 1. The standard InChI is InChI=1S/C13H14FIN2S/c1-7(2)12-11(18-13(16)17-12)5-8-3-4-9(14)6-10(8)15/h3-4,6-7H,5H2,1-2H3,(H2,16,17). The largest absolute Gasteiger partial charge is 0.375 e. The maximum Gasteiger partial charge on any atom is 0.180 e. The van der Waals surface area contributed by atoms with Gasteiger partial charge in [-0.2, -0.15) is 0 Å². The number of thiazole rings is 1. The topological polar surface area (TPSA) is 38.9 Å². The minimum absolute atomic E-state index is 0.198. The third-order valence-electron chi connectivity index (χ3n) is 2.66. The van der Waals surface area contributed by atoms with E-state index in [1.807, 2.05) is 6.07 Å². The van der Waals surface area contributed by atoms with Crippen molar-refractivity contribution in [3.63, 3.8) is 0 Å². The molecule has 0 aliphatic carbocycles. The number of halogens is 2. The Labute approximate surface area is 124 Å². The molecular formula is C13H14FIN2S. The first-order valence-corrected chi connectivity index (χ1v) is 7.56. The van der Waals surface area contributed by atoms with Gasteiger partial charge in [0.05, 0.1) is 5.69 Å². The first-order valence-electron chi connectivity index (χ1n) is 5.66. The second kappa shape index (κ2) is 5.52. The van der Waals surface area contributed by atoms with Crippen LogP contribution >= 0.6 is 33.9 Å². The predicted octanol–water partition coefficient (Wildman–Crippen LogP) is 4.18. The zero-order chi connectivity index (χ0) is 13.3. The molecule has 0 aliphatic heterocycles. The predicted molar refractivity (Wildman–Crippen MR) is 82.5 cm³/mol. The molecule has 96 valence electrons. The van der Waals surface area contributed by atoms with E-state index in [1.54, 1.807) is 6.07 Å². The zero-order valence-electron chi connectivity index (χ0n) is 10.2. The van der Waals surface area contributed by atoms with E-state index in [1.165, 1.54) is 22.3 Å². The molecule has 2 N–H and O–H groups in total. The van der Waals surface area contributed by atoms with Gasteiger partial charge in [-0.25, -0.2) is 9.37 Å². The average Bonchev–Trinajstić information content (AvgIpc) is 2.64. The van der Waals surface area contributed by atoms with Crippen LogP contribution in [0.2, 0.25) is 0 Å². The molecule has 1 aromatic heterocycles. The number of nitrogens with two attached hydrogens (primary N) is 1. The van der Waals surface area contributed by atoms with Gasteiger partial charge < -0.3 is 5.73 Å². The van der Waals surface area contributed by atoms with Crippen LogP contribution in [-0.2, 0) is 6.42 Å². The Morgan fingerprint density at radius 2 is 2.17 bits per heavy atom. The highest BCUT2D eigenvalue weighted by atomic mass is 127. The summed E-state index contributed by atoms with van der Waals surface area (Å²) in [6, 6.07) is 4.88. The third kappa shape index (κ3) is 3.00. The molecule has 0 spiro atoms. The Bertz CT molecular complexity index is 566. The van der Waals surface area contributed by atoms with Crippen molar-refractivity contribution in [2.45, 2.75) is 26.2 Å². The van der Waals surface area contributed by atoms with Crippen LogP contribution in [0.3, 0.4) is 0 Å². The number of anilines is 1. The van der Waals surface area contributed by atoms with E-state index in [0.717, 1.165) is 21.2 Å². The minimum atomic E-state index is -0.198. The summed E-state index contributed by atoms with van der Waals surface area (Å²) in [4.78, 5) is 5.55. The summed E-state index contributed by atoms with van der Waals surface area (Å²) >= 11 is 3.68. The van der Waals surface area contributed by atoms with Crippen molar-refractivity contribution < 1.29 is 4.39 Å². The average molecular weight is 376 g/mol. The van der Waals surface area contributed by atoms with Crippen LogP contribution in [0.4, 0.5) is 9.52 Å². The van der Waals surface area contributed by atoms with E-state index in [-0.39, 0.29) is 5.82 Å². The molecule has 0 aliphatic rings. The number of rotatable bonds is 3. The molecule has 1 aromatic carbocycles. The lowest BCUT2D eigenvalue weighted by Gasteiger charge is -2.07. The van der Waals surface area contributed by atoms with Crippen LogP contribution in [0.15, 0.2) is 18.2 Å².